The molecule has 0 saturated heterocycles. The van der Waals surface area contributed by atoms with Crippen molar-refractivity contribution in [3.63, 3.8) is 0 Å². The summed E-state index contributed by atoms with van der Waals surface area (Å²) >= 11 is 10.0. The molecule has 18 heavy (non-hydrogen) atoms. The van der Waals surface area contributed by atoms with Gasteiger partial charge in [0.2, 0.25) is 10.0 Å². The van der Waals surface area contributed by atoms with Crippen molar-refractivity contribution in [2.45, 2.75) is 30.0 Å². The predicted molar refractivity (Wildman–Crippen MR) is 84.8 cm³/mol. The van der Waals surface area contributed by atoms with Crippen molar-refractivity contribution in [1.82, 2.24) is 4.72 Å². The number of alkyl halides is 1. The first-order valence-corrected chi connectivity index (χ1v) is 9.32. The molecular formula is C11H14Br3NO2S. The number of nitrogens with one attached hydrogen (secondary N) is 1. The topological polar surface area (TPSA) is 46.2 Å². The zero-order valence-corrected chi connectivity index (χ0v) is 15.6. The first kappa shape index (κ1) is 16.6. The van der Waals surface area contributed by atoms with Crippen LogP contribution in [0.15, 0.2) is 26.0 Å². The Bertz CT molecular complexity index is 529. The molecule has 0 bridgehead atoms. The van der Waals surface area contributed by atoms with Crippen LogP contribution in [0.5, 0.6) is 0 Å². The highest BCUT2D eigenvalue weighted by Gasteiger charge is 2.18. The second-order valence-electron chi connectivity index (χ2n) is 4.00. The Morgan fingerprint density at radius 2 is 1.89 bits per heavy atom. The Hall–Kier alpha value is 0.570. The van der Waals surface area contributed by atoms with E-state index in [9.17, 15) is 8.42 Å². The maximum absolute atomic E-state index is 12.1. The zero-order chi connectivity index (χ0) is 13.9. The SMILES string of the molecule is Cc1cc(Br)c(S(=O)(=O)NCCC(C)Br)cc1Br. The molecule has 0 aliphatic heterocycles. The van der Waals surface area contributed by atoms with E-state index in [4.69, 9.17) is 0 Å². The van der Waals surface area contributed by atoms with Gasteiger partial charge in [-0.2, -0.15) is 0 Å². The van der Waals surface area contributed by atoms with Gasteiger partial charge >= 0.3 is 0 Å². The molecule has 0 saturated carbocycles. The molecule has 1 aromatic rings. The molecular weight excluding hydrogens is 450 g/mol. The summed E-state index contributed by atoms with van der Waals surface area (Å²) in [4.78, 5) is 0.538. The third-order valence-electron chi connectivity index (χ3n) is 2.34. The van der Waals surface area contributed by atoms with Crippen LogP contribution in [0, 0.1) is 6.92 Å². The molecule has 3 nitrogen and oxygen atoms in total. The van der Waals surface area contributed by atoms with E-state index in [2.05, 4.69) is 52.5 Å². The Labute approximate surface area is 133 Å². The van der Waals surface area contributed by atoms with Crippen LogP contribution in [0.4, 0.5) is 0 Å². The van der Waals surface area contributed by atoms with Crippen molar-refractivity contribution in [2.75, 3.05) is 6.54 Å². The lowest BCUT2D eigenvalue weighted by Gasteiger charge is -2.11. The molecule has 0 amide bonds. The van der Waals surface area contributed by atoms with Gasteiger partial charge in [-0.25, -0.2) is 13.1 Å². The number of halogens is 3. The van der Waals surface area contributed by atoms with Crippen molar-refractivity contribution in [1.29, 1.82) is 0 Å². The number of hydrogen-bond acceptors (Lipinski definition) is 2. The van der Waals surface area contributed by atoms with Crippen molar-refractivity contribution >= 4 is 57.8 Å². The zero-order valence-electron chi connectivity index (χ0n) is 10.0. The molecule has 7 heteroatoms. The number of aryl methyl sites for hydroxylation is 1. The van der Waals surface area contributed by atoms with Gasteiger partial charge in [-0.15, -0.1) is 0 Å². The van der Waals surface area contributed by atoms with Gasteiger partial charge < -0.3 is 0 Å². The third kappa shape index (κ3) is 4.59. The van der Waals surface area contributed by atoms with E-state index in [1.807, 2.05) is 13.8 Å². The largest absolute Gasteiger partial charge is 0.241 e. The monoisotopic (exact) mass is 461 g/mol. The molecule has 0 spiro atoms. The van der Waals surface area contributed by atoms with Crippen molar-refractivity contribution in [2.24, 2.45) is 0 Å². The summed E-state index contributed by atoms with van der Waals surface area (Å²) in [6, 6.07) is 3.39. The van der Waals surface area contributed by atoms with Crippen LogP contribution in [0.1, 0.15) is 18.9 Å². The molecule has 1 N–H and O–H groups in total. The number of sulfonamides is 1. The third-order valence-corrected chi connectivity index (χ3v) is 6.07. The lowest BCUT2D eigenvalue weighted by Crippen LogP contribution is -2.26. The smallest absolute Gasteiger partial charge is 0.211 e. The van der Waals surface area contributed by atoms with Crippen LogP contribution in [0.3, 0.4) is 0 Å². The molecule has 102 valence electrons. The van der Waals surface area contributed by atoms with Gasteiger partial charge in [-0.05, 0) is 47.0 Å². The van der Waals surface area contributed by atoms with E-state index < -0.39 is 10.0 Å². The first-order valence-electron chi connectivity index (χ1n) is 5.33. The summed E-state index contributed by atoms with van der Waals surface area (Å²) < 4.78 is 28.2. The molecule has 0 radical (unpaired) electrons. The van der Waals surface area contributed by atoms with Crippen LogP contribution < -0.4 is 4.72 Å². The molecule has 1 rings (SSSR count). The summed E-state index contributed by atoms with van der Waals surface area (Å²) in [6.07, 6.45) is 0.740. The van der Waals surface area contributed by atoms with Crippen LogP contribution in [0.2, 0.25) is 0 Å². The van der Waals surface area contributed by atoms with Crippen LogP contribution in [-0.2, 0) is 10.0 Å². The van der Waals surface area contributed by atoms with E-state index in [1.165, 1.54) is 0 Å². The minimum absolute atomic E-state index is 0.252. The van der Waals surface area contributed by atoms with Gasteiger partial charge in [-0.1, -0.05) is 38.8 Å². The number of benzene rings is 1. The summed E-state index contributed by atoms with van der Waals surface area (Å²) in [6.45, 7) is 4.30. The van der Waals surface area contributed by atoms with Crippen LogP contribution in [-0.4, -0.2) is 19.8 Å². The lowest BCUT2D eigenvalue weighted by atomic mass is 10.2. The Kier molecular flexibility index (Phi) is 6.31. The van der Waals surface area contributed by atoms with Crippen molar-refractivity contribution < 1.29 is 8.42 Å². The standard InChI is InChI=1S/C11H14Br3NO2S/c1-7-5-10(14)11(6-9(7)13)18(16,17)15-4-3-8(2)12/h5-6,8,15H,3-4H2,1-2H3. The average Bonchev–Trinajstić information content (AvgIpc) is 2.22. The van der Waals surface area contributed by atoms with Gasteiger partial charge in [0.15, 0.2) is 0 Å². The highest BCUT2D eigenvalue weighted by atomic mass is 79.9. The fraction of sp³-hybridized carbons (Fsp3) is 0.455. The number of hydrogen-bond donors (Lipinski definition) is 1. The molecule has 0 aromatic heterocycles. The predicted octanol–water partition coefficient (Wildman–Crippen LogP) is 3.97. The van der Waals surface area contributed by atoms with Gasteiger partial charge in [0, 0.05) is 20.3 Å². The van der Waals surface area contributed by atoms with Crippen LogP contribution in [0.25, 0.3) is 0 Å². The molecule has 1 unspecified atom stereocenters. The normalized spacial score (nSPS) is 13.6. The summed E-state index contributed by atoms with van der Waals surface area (Å²) in [5.41, 5.74) is 0.981. The molecule has 1 atom stereocenters. The highest BCUT2D eigenvalue weighted by Crippen LogP contribution is 2.28. The van der Waals surface area contributed by atoms with Gasteiger partial charge in [-0.3, -0.25) is 0 Å². The lowest BCUT2D eigenvalue weighted by molar-refractivity contribution is 0.578. The van der Waals surface area contributed by atoms with Crippen LogP contribution >= 0.6 is 47.8 Å². The summed E-state index contributed by atoms with van der Waals surface area (Å²) in [5, 5.41) is 0. The second kappa shape index (κ2) is 6.83. The Morgan fingerprint density at radius 3 is 2.44 bits per heavy atom. The summed E-state index contributed by atoms with van der Waals surface area (Å²) in [7, 11) is -3.47. The Morgan fingerprint density at radius 1 is 1.28 bits per heavy atom. The van der Waals surface area contributed by atoms with Gasteiger partial charge in [0.1, 0.15) is 0 Å². The second-order valence-corrected chi connectivity index (χ2v) is 9.01. The summed E-state index contributed by atoms with van der Waals surface area (Å²) in [5.74, 6) is 0. The van der Waals surface area contributed by atoms with E-state index in [0.717, 1.165) is 16.5 Å². The molecule has 1 aromatic carbocycles. The minimum atomic E-state index is -3.47. The molecule has 0 aliphatic rings. The molecule has 0 aliphatic carbocycles. The quantitative estimate of drug-likeness (QED) is 0.671. The Balaban J connectivity index is 2.95. The average molecular weight is 464 g/mol. The number of rotatable bonds is 5. The van der Waals surface area contributed by atoms with E-state index in [-0.39, 0.29) is 9.72 Å². The highest BCUT2D eigenvalue weighted by molar-refractivity contribution is 9.11. The minimum Gasteiger partial charge on any atom is -0.211 e. The molecule has 0 heterocycles. The van der Waals surface area contributed by atoms with E-state index >= 15 is 0 Å². The maximum atomic E-state index is 12.1. The van der Waals surface area contributed by atoms with Crippen molar-refractivity contribution in [3.8, 4) is 0 Å². The fourth-order valence-electron chi connectivity index (χ4n) is 1.30. The fourth-order valence-corrected chi connectivity index (χ4v) is 4.26. The molecule has 0 fully saturated rings. The maximum Gasteiger partial charge on any atom is 0.241 e. The van der Waals surface area contributed by atoms with E-state index in [1.54, 1.807) is 12.1 Å². The van der Waals surface area contributed by atoms with Crippen molar-refractivity contribution in [3.05, 3.63) is 26.6 Å². The van der Waals surface area contributed by atoms with E-state index in [0.29, 0.717) is 11.0 Å². The first-order chi connectivity index (χ1) is 8.24. The van der Waals surface area contributed by atoms with Gasteiger partial charge in [0.05, 0.1) is 4.90 Å². The van der Waals surface area contributed by atoms with Gasteiger partial charge in [0.25, 0.3) is 0 Å².